The third-order valence-electron chi connectivity index (χ3n) is 7.02. The summed E-state index contributed by atoms with van der Waals surface area (Å²) in [5.41, 5.74) is 9.84. The first kappa shape index (κ1) is 34.8. The fraction of sp³-hybridized carbons (Fsp3) is 0.333. The Bertz CT molecular complexity index is 1430. The predicted octanol–water partition coefficient (Wildman–Crippen LogP) is 12.3. The Kier molecular flexibility index (Phi) is 14.1. The molecule has 0 aliphatic heterocycles. The van der Waals surface area contributed by atoms with Gasteiger partial charge in [0.25, 0.3) is 0 Å². The molecule has 5 aromatic carbocycles. The maximum atomic E-state index is 4.93. The first-order valence-electron chi connectivity index (χ1n) is 13.9. The molecule has 0 saturated heterocycles. The molecule has 0 aromatic heterocycles. The van der Waals surface area contributed by atoms with Crippen molar-refractivity contribution in [2.75, 3.05) is 0 Å². The standard InChI is InChI=1S/C22H25.C12H13.C2H6Si.2ClH.Zr/c1-14-11-18-13-15(2)16(3)21(20(18)12-14)17-7-9-19(10-8-17)22(4,5)6;1-9(2)12-7-10-5-3-4-6-11(10)8-12;1-3-2;;;/h7-13H,1-6H3;3-9H,1-2H3;1-2H3;2*1H;/q2*-1;;;;+4/p-2. The van der Waals surface area contributed by atoms with Crippen molar-refractivity contribution in [2.24, 2.45) is 0 Å². The van der Waals surface area contributed by atoms with Gasteiger partial charge in [-0.05, 0) is 36.3 Å². The van der Waals surface area contributed by atoms with Crippen LogP contribution < -0.4 is 0 Å². The van der Waals surface area contributed by atoms with Crippen molar-refractivity contribution in [3.63, 3.8) is 0 Å². The van der Waals surface area contributed by atoms with Crippen molar-refractivity contribution in [2.45, 2.75) is 79.8 Å². The van der Waals surface area contributed by atoms with Gasteiger partial charge in [-0.3, -0.25) is 0 Å². The summed E-state index contributed by atoms with van der Waals surface area (Å²) in [5.74, 6) is 0.636. The van der Waals surface area contributed by atoms with Crippen LogP contribution in [-0.4, -0.2) is 9.52 Å². The van der Waals surface area contributed by atoms with Gasteiger partial charge in [0.2, 0.25) is 0 Å². The maximum absolute atomic E-state index is 4.93. The Morgan fingerprint density at radius 1 is 0.800 bits per heavy atom. The number of hydrogen-bond acceptors (Lipinski definition) is 0. The Labute approximate surface area is 264 Å². The first-order chi connectivity index (χ1) is 18.9. The van der Waals surface area contributed by atoms with Gasteiger partial charge in [0, 0.05) is 9.52 Å². The van der Waals surface area contributed by atoms with Gasteiger partial charge < -0.3 is 0 Å². The van der Waals surface area contributed by atoms with E-state index in [1.165, 1.54) is 60.5 Å². The van der Waals surface area contributed by atoms with Crippen LogP contribution in [0.15, 0.2) is 78.9 Å². The Balaban J connectivity index is 0.000000260. The Morgan fingerprint density at radius 3 is 1.90 bits per heavy atom. The molecule has 0 unspecified atom stereocenters. The SMILES string of the molecule is CC(C)c1cc2ccccc2[cH-]1.C[Si]C.Cc1cc2c(-c3ccc(C(C)(C)C)cc3)c(C)c(C)cc2[cH-]1.[Cl][Zr+2][Cl]. The van der Waals surface area contributed by atoms with Gasteiger partial charge >= 0.3 is 37.9 Å². The summed E-state index contributed by atoms with van der Waals surface area (Å²) in [5, 5.41) is 5.46. The van der Waals surface area contributed by atoms with Gasteiger partial charge in [0.15, 0.2) is 0 Å². The molecule has 0 spiro atoms. The van der Waals surface area contributed by atoms with Crippen LogP contribution in [-0.2, 0) is 26.3 Å². The second-order valence-electron chi connectivity index (χ2n) is 11.7. The van der Waals surface area contributed by atoms with Crippen LogP contribution in [0.5, 0.6) is 0 Å². The van der Waals surface area contributed by atoms with E-state index < -0.39 is 20.8 Å². The normalized spacial score (nSPS) is 10.7. The average molecular weight is 667 g/mol. The van der Waals surface area contributed by atoms with E-state index in [4.69, 9.17) is 17.0 Å². The molecule has 5 rings (SSSR count). The van der Waals surface area contributed by atoms with Crippen LogP contribution in [0.1, 0.15) is 68.4 Å². The van der Waals surface area contributed by atoms with Crippen molar-refractivity contribution in [1.82, 2.24) is 0 Å². The van der Waals surface area contributed by atoms with Crippen molar-refractivity contribution in [3.05, 3.63) is 107 Å². The van der Waals surface area contributed by atoms with E-state index in [9.17, 15) is 0 Å². The minimum absolute atomic E-state index is 0.201. The van der Waals surface area contributed by atoms with E-state index in [-0.39, 0.29) is 5.41 Å². The van der Waals surface area contributed by atoms with Crippen LogP contribution in [0.2, 0.25) is 13.1 Å². The number of halogens is 2. The summed E-state index contributed by atoms with van der Waals surface area (Å²) >= 11 is -0.826. The van der Waals surface area contributed by atoms with Crippen LogP contribution in [0.4, 0.5) is 0 Å². The summed E-state index contributed by atoms with van der Waals surface area (Å²) < 4.78 is 0. The van der Waals surface area contributed by atoms with E-state index >= 15 is 0 Å². The number of fused-ring (bicyclic) bond motifs is 2. The van der Waals surface area contributed by atoms with Gasteiger partial charge in [0.05, 0.1) is 0 Å². The molecular weight excluding hydrogens is 623 g/mol. The number of aryl methyl sites for hydroxylation is 2. The topological polar surface area (TPSA) is 0 Å². The van der Waals surface area contributed by atoms with E-state index in [1.807, 2.05) is 0 Å². The van der Waals surface area contributed by atoms with Crippen molar-refractivity contribution in [1.29, 1.82) is 0 Å². The third kappa shape index (κ3) is 9.55. The zero-order valence-corrected chi connectivity index (χ0v) is 30.8. The summed E-state index contributed by atoms with van der Waals surface area (Å²) in [6.07, 6.45) is 0. The van der Waals surface area contributed by atoms with Crippen LogP contribution in [0, 0.1) is 20.8 Å². The van der Waals surface area contributed by atoms with Crippen LogP contribution >= 0.6 is 17.0 Å². The van der Waals surface area contributed by atoms with Gasteiger partial charge in [0.1, 0.15) is 0 Å². The number of hydrogen-bond donors (Lipinski definition) is 0. The molecule has 0 fully saturated rings. The van der Waals surface area contributed by atoms with Crippen molar-refractivity contribution < 1.29 is 20.8 Å². The first-order valence-corrected chi connectivity index (χ1v) is 22.2. The fourth-order valence-corrected chi connectivity index (χ4v) is 4.77. The molecule has 40 heavy (non-hydrogen) atoms. The van der Waals surface area contributed by atoms with Gasteiger partial charge in [-0.1, -0.05) is 102 Å². The Morgan fingerprint density at radius 2 is 1.38 bits per heavy atom. The number of rotatable bonds is 2. The minimum atomic E-state index is -0.826. The van der Waals surface area contributed by atoms with Gasteiger partial charge in [-0.2, -0.15) is 12.1 Å². The van der Waals surface area contributed by atoms with Gasteiger partial charge in [-0.15, -0.1) is 69.1 Å². The molecule has 0 aliphatic rings. The molecule has 0 bridgehead atoms. The van der Waals surface area contributed by atoms with E-state index in [0.717, 1.165) is 9.52 Å². The molecule has 4 heteroatoms. The molecule has 0 aliphatic carbocycles. The summed E-state index contributed by atoms with van der Waals surface area (Å²) in [4.78, 5) is 0. The van der Waals surface area contributed by atoms with E-state index in [2.05, 4.69) is 147 Å². The molecular formula is C36H44Cl2SiZr. The summed E-state index contributed by atoms with van der Waals surface area (Å²) in [6.45, 7) is 22.2. The van der Waals surface area contributed by atoms with Crippen LogP contribution in [0.3, 0.4) is 0 Å². The predicted molar refractivity (Wildman–Crippen MR) is 181 cm³/mol. The summed E-state index contributed by atoms with van der Waals surface area (Å²) in [6, 6.07) is 29.1. The molecule has 0 heterocycles. The van der Waals surface area contributed by atoms with Crippen LogP contribution in [0.25, 0.3) is 32.7 Å². The molecule has 0 saturated carbocycles. The molecule has 0 atom stereocenters. The van der Waals surface area contributed by atoms with E-state index in [0.29, 0.717) is 5.92 Å². The molecule has 210 valence electrons. The summed E-state index contributed by atoms with van der Waals surface area (Å²) in [7, 11) is 11.0. The Hall–Kier alpha value is -1.44. The third-order valence-corrected chi connectivity index (χ3v) is 7.02. The van der Waals surface area contributed by atoms with Gasteiger partial charge in [-0.25, -0.2) is 0 Å². The average Bonchev–Trinajstić information content (AvgIpc) is 3.49. The van der Waals surface area contributed by atoms with Crippen molar-refractivity contribution in [3.8, 4) is 11.1 Å². The molecule has 0 amide bonds. The molecule has 5 aromatic rings. The fourth-order valence-electron chi connectivity index (χ4n) is 4.77. The van der Waals surface area contributed by atoms with E-state index in [1.54, 1.807) is 0 Å². The zero-order chi connectivity index (χ0) is 30.0. The monoisotopic (exact) mass is 664 g/mol. The molecule has 2 radical (unpaired) electrons. The van der Waals surface area contributed by atoms with Crippen molar-refractivity contribution >= 4 is 48.1 Å². The second kappa shape index (κ2) is 16.3. The number of benzene rings is 3. The molecule has 0 N–H and O–H groups in total. The quantitative estimate of drug-likeness (QED) is 0.130. The molecule has 0 nitrogen and oxygen atoms in total. The second-order valence-corrected chi connectivity index (χ2v) is 16.4. The zero-order valence-electron chi connectivity index (χ0n) is 25.8.